The van der Waals surface area contributed by atoms with Crippen molar-refractivity contribution in [3.63, 3.8) is 0 Å². The molecule has 0 atom stereocenters. The van der Waals surface area contributed by atoms with Crippen molar-refractivity contribution in [3.8, 4) is 0 Å². The number of methoxy groups -OCH3 is 1. The molecule has 1 N–H and O–H groups in total. The van der Waals surface area contributed by atoms with E-state index in [9.17, 15) is 18.4 Å². The van der Waals surface area contributed by atoms with Crippen LogP contribution in [0.25, 0.3) is 0 Å². The van der Waals surface area contributed by atoms with E-state index >= 15 is 0 Å². The highest BCUT2D eigenvalue weighted by atomic mass is 19.2. The van der Waals surface area contributed by atoms with Gasteiger partial charge in [0.25, 0.3) is 0 Å². The Hall–Kier alpha value is -1.98. The molecule has 1 amide bonds. The number of carbonyl (C=O) groups excluding carboxylic acids is 2. The third-order valence-electron chi connectivity index (χ3n) is 2.77. The summed E-state index contributed by atoms with van der Waals surface area (Å²) in [5, 5.41) is 2.52. The van der Waals surface area contributed by atoms with Crippen LogP contribution in [-0.2, 0) is 20.7 Å². The lowest BCUT2D eigenvalue weighted by atomic mass is 10.0. The zero-order valence-electron chi connectivity index (χ0n) is 11.6. The van der Waals surface area contributed by atoms with Crippen molar-refractivity contribution in [3.05, 3.63) is 35.4 Å². The predicted octanol–water partition coefficient (Wildman–Crippen LogP) is 1.97. The van der Waals surface area contributed by atoms with Gasteiger partial charge in [-0.3, -0.25) is 4.79 Å². The van der Waals surface area contributed by atoms with Crippen molar-refractivity contribution < 1.29 is 23.1 Å². The SMILES string of the molecule is COC(=O)C(C)(C)NC(=O)CCc1ccc(F)c(F)c1. The van der Waals surface area contributed by atoms with Gasteiger partial charge in [0.2, 0.25) is 5.91 Å². The number of benzene rings is 1. The van der Waals surface area contributed by atoms with Gasteiger partial charge < -0.3 is 10.1 Å². The van der Waals surface area contributed by atoms with E-state index in [-0.39, 0.29) is 18.7 Å². The average molecular weight is 285 g/mol. The molecule has 6 heteroatoms. The topological polar surface area (TPSA) is 55.4 Å². The van der Waals surface area contributed by atoms with Gasteiger partial charge in [0.05, 0.1) is 7.11 Å². The Kier molecular flexibility index (Phi) is 5.19. The predicted molar refractivity (Wildman–Crippen MR) is 68.9 cm³/mol. The molecular weight excluding hydrogens is 268 g/mol. The highest BCUT2D eigenvalue weighted by Gasteiger charge is 2.30. The summed E-state index contributed by atoms with van der Waals surface area (Å²) in [6.45, 7) is 3.04. The van der Waals surface area contributed by atoms with Crippen molar-refractivity contribution in [1.82, 2.24) is 5.32 Å². The van der Waals surface area contributed by atoms with E-state index in [2.05, 4.69) is 10.1 Å². The Morgan fingerprint density at radius 1 is 1.25 bits per heavy atom. The lowest BCUT2D eigenvalue weighted by Crippen LogP contribution is -2.50. The summed E-state index contributed by atoms with van der Waals surface area (Å²) in [4.78, 5) is 23.1. The molecule has 1 aromatic carbocycles. The fourth-order valence-electron chi connectivity index (χ4n) is 1.67. The summed E-state index contributed by atoms with van der Waals surface area (Å²) < 4.78 is 30.3. The molecule has 4 nitrogen and oxygen atoms in total. The summed E-state index contributed by atoms with van der Waals surface area (Å²) in [7, 11) is 1.23. The second-order valence-corrected chi connectivity index (χ2v) is 4.91. The van der Waals surface area contributed by atoms with E-state index in [0.717, 1.165) is 12.1 Å². The molecule has 0 heterocycles. The van der Waals surface area contributed by atoms with Crippen molar-refractivity contribution in [2.75, 3.05) is 7.11 Å². The molecule has 0 bridgehead atoms. The Morgan fingerprint density at radius 2 is 1.90 bits per heavy atom. The monoisotopic (exact) mass is 285 g/mol. The first-order chi connectivity index (χ1) is 9.26. The fraction of sp³-hybridized carbons (Fsp3) is 0.429. The minimum Gasteiger partial charge on any atom is -0.467 e. The normalized spacial score (nSPS) is 11.1. The van der Waals surface area contributed by atoms with Crippen molar-refractivity contribution in [2.24, 2.45) is 0 Å². The molecule has 0 radical (unpaired) electrons. The van der Waals surface area contributed by atoms with E-state index < -0.39 is 23.1 Å². The van der Waals surface area contributed by atoms with Crippen LogP contribution in [-0.4, -0.2) is 24.5 Å². The van der Waals surface area contributed by atoms with Gasteiger partial charge in [0.15, 0.2) is 11.6 Å². The Balaban J connectivity index is 2.55. The molecule has 0 saturated heterocycles. The number of hydrogen-bond donors (Lipinski definition) is 1. The first-order valence-corrected chi connectivity index (χ1v) is 6.09. The molecule has 20 heavy (non-hydrogen) atoms. The summed E-state index contributed by atoms with van der Waals surface area (Å²) in [6, 6.07) is 3.48. The molecule has 0 aromatic heterocycles. The zero-order valence-corrected chi connectivity index (χ0v) is 11.6. The number of aryl methyl sites for hydroxylation is 1. The number of amides is 1. The molecular formula is C14H17F2NO3. The number of hydrogen-bond acceptors (Lipinski definition) is 3. The molecule has 0 saturated carbocycles. The molecule has 0 fully saturated rings. The van der Waals surface area contributed by atoms with Gasteiger partial charge in [-0.2, -0.15) is 0 Å². The maximum atomic E-state index is 13.0. The third kappa shape index (κ3) is 4.29. The van der Waals surface area contributed by atoms with Crippen LogP contribution in [0.3, 0.4) is 0 Å². The van der Waals surface area contributed by atoms with Crippen LogP contribution < -0.4 is 5.32 Å². The van der Waals surface area contributed by atoms with Crippen LogP contribution in [0.2, 0.25) is 0 Å². The van der Waals surface area contributed by atoms with Gasteiger partial charge in [0.1, 0.15) is 5.54 Å². The first-order valence-electron chi connectivity index (χ1n) is 6.09. The van der Waals surface area contributed by atoms with Crippen molar-refractivity contribution >= 4 is 11.9 Å². The second kappa shape index (κ2) is 6.45. The lowest BCUT2D eigenvalue weighted by molar-refractivity contribution is -0.149. The van der Waals surface area contributed by atoms with Gasteiger partial charge in [-0.1, -0.05) is 6.07 Å². The number of ether oxygens (including phenoxy) is 1. The summed E-state index contributed by atoms with van der Waals surface area (Å²) >= 11 is 0. The van der Waals surface area contributed by atoms with Gasteiger partial charge in [0, 0.05) is 6.42 Å². The van der Waals surface area contributed by atoms with Crippen LogP contribution in [0.1, 0.15) is 25.8 Å². The number of esters is 1. The van der Waals surface area contributed by atoms with E-state index in [1.54, 1.807) is 0 Å². The van der Waals surface area contributed by atoms with Gasteiger partial charge in [-0.15, -0.1) is 0 Å². The maximum Gasteiger partial charge on any atom is 0.330 e. The molecule has 1 rings (SSSR count). The van der Waals surface area contributed by atoms with E-state index in [0.29, 0.717) is 5.56 Å². The smallest absolute Gasteiger partial charge is 0.330 e. The Morgan fingerprint density at radius 3 is 2.45 bits per heavy atom. The van der Waals surface area contributed by atoms with Crippen LogP contribution in [0.15, 0.2) is 18.2 Å². The third-order valence-corrected chi connectivity index (χ3v) is 2.77. The number of rotatable bonds is 5. The zero-order chi connectivity index (χ0) is 15.3. The molecule has 0 unspecified atom stereocenters. The lowest BCUT2D eigenvalue weighted by Gasteiger charge is -2.23. The van der Waals surface area contributed by atoms with E-state index in [4.69, 9.17) is 0 Å². The molecule has 1 aromatic rings. The van der Waals surface area contributed by atoms with Crippen LogP contribution in [0.5, 0.6) is 0 Å². The molecule has 0 aliphatic heterocycles. The van der Waals surface area contributed by atoms with Gasteiger partial charge >= 0.3 is 5.97 Å². The average Bonchev–Trinajstić information content (AvgIpc) is 2.38. The second-order valence-electron chi connectivity index (χ2n) is 4.91. The number of carbonyl (C=O) groups is 2. The van der Waals surface area contributed by atoms with Crippen LogP contribution >= 0.6 is 0 Å². The van der Waals surface area contributed by atoms with Gasteiger partial charge in [-0.05, 0) is 38.0 Å². The maximum absolute atomic E-state index is 13.0. The van der Waals surface area contributed by atoms with E-state index in [1.807, 2.05) is 0 Å². The first kappa shape index (κ1) is 16.1. The van der Waals surface area contributed by atoms with Crippen molar-refractivity contribution in [1.29, 1.82) is 0 Å². The highest BCUT2D eigenvalue weighted by molar-refractivity contribution is 5.87. The standard InChI is InChI=1S/C14H17F2NO3/c1-14(2,13(19)20-3)17-12(18)7-5-9-4-6-10(15)11(16)8-9/h4,6,8H,5,7H2,1-3H3,(H,17,18). The summed E-state index contributed by atoms with van der Waals surface area (Å²) in [5.41, 5.74) is -0.616. The minimum atomic E-state index is -1.13. The largest absolute Gasteiger partial charge is 0.467 e. The highest BCUT2D eigenvalue weighted by Crippen LogP contribution is 2.11. The van der Waals surface area contributed by atoms with E-state index in [1.165, 1.54) is 27.0 Å². The molecule has 110 valence electrons. The summed E-state index contributed by atoms with van der Waals surface area (Å²) in [6.07, 6.45) is 0.311. The quantitative estimate of drug-likeness (QED) is 0.841. The summed E-state index contributed by atoms with van der Waals surface area (Å²) in [5.74, 6) is -2.80. The fourth-order valence-corrected chi connectivity index (χ4v) is 1.67. The molecule has 0 spiro atoms. The number of halogens is 2. The van der Waals surface area contributed by atoms with Gasteiger partial charge in [-0.25, -0.2) is 13.6 Å². The Bertz CT molecular complexity index is 515. The van der Waals surface area contributed by atoms with Crippen molar-refractivity contribution in [2.45, 2.75) is 32.2 Å². The molecule has 0 aliphatic carbocycles. The number of nitrogens with one attached hydrogen (secondary N) is 1. The van der Waals surface area contributed by atoms with Crippen LogP contribution in [0.4, 0.5) is 8.78 Å². The van der Waals surface area contributed by atoms with Crippen LogP contribution in [0, 0.1) is 11.6 Å². The molecule has 0 aliphatic rings. The minimum absolute atomic E-state index is 0.0610. The Labute approximate surface area is 116 Å².